The molecule has 2 N–H and O–H groups in total. The first-order valence-electron chi connectivity index (χ1n) is 9.08. The van der Waals surface area contributed by atoms with Crippen molar-refractivity contribution in [2.45, 2.75) is 50.6 Å². The Bertz CT molecular complexity index is 527. The predicted octanol–water partition coefficient (Wildman–Crippen LogP) is 2.13. The van der Waals surface area contributed by atoms with Gasteiger partial charge < -0.3 is 15.1 Å². The van der Waals surface area contributed by atoms with Gasteiger partial charge in [0.1, 0.15) is 0 Å². The Morgan fingerprint density at radius 3 is 2.96 bits per heavy atom. The second kappa shape index (κ2) is 6.51. The summed E-state index contributed by atoms with van der Waals surface area (Å²) in [6, 6.07) is 0.591. The normalized spacial score (nSPS) is 29.0. The van der Waals surface area contributed by atoms with Crippen LogP contribution in [0.2, 0.25) is 0 Å². The maximum Gasteiger partial charge on any atom is 0.318 e. The van der Waals surface area contributed by atoms with Crippen LogP contribution in [0.5, 0.6) is 0 Å². The molecule has 1 aliphatic carbocycles. The fourth-order valence-corrected chi connectivity index (χ4v) is 4.00. The van der Waals surface area contributed by atoms with E-state index in [0.29, 0.717) is 6.04 Å². The number of carbonyl (C=O) groups is 1. The molecule has 23 heavy (non-hydrogen) atoms. The fourth-order valence-electron chi connectivity index (χ4n) is 4.00. The second-order valence-corrected chi connectivity index (χ2v) is 7.37. The van der Waals surface area contributed by atoms with E-state index in [0.717, 1.165) is 50.4 Å². The third-order valence-electron chi connectivity index (χ3n) is 5.48. The van der Waals surface area contributed by atoms with Crippen LogP contribution in [0.3, 0.4) is 0 Å². The lowest BCUT2D eigenvalue weighted by atomic mass is 9.98. The van der Waals surface area contributed by atoms with Gasteiger partial charge in [0.2, 0.25) is 0 Å². The smallest absolute Gasteiger partial charge is 0.318 e. The van der Waals surface area contributed by atoms with Gasteiger partial charge in [-0.3, -0.25) is 5.10 Å². The molecule has 126 valence electrons. The van der Waals surface area contributed by atoms with E-state index < -0.39 is 0 Å². The Morgan fingerprint density at radius 1 is 1.26 bits per heavy atom. The quantitative estimate of drug-likeness (QED) is 0.894. The maximum atomic E-state index is 12.8. The molecule has 3 heterocycles. The number of aromatic amines is 1. The van der Waals surface area contributed by atoms with Crippen LogP contribution in [-0.2, 0) is 0 Å². The van der Waals surface area contributed by atoms with E-state index in [1.54, 1.807) is 0 Å². The van der Waals surface area contributed by atoms with Gasteiger partial charge in [-0.1, -0.05) is 0 Å². The largest absolute Gasteiger partial charge is 0.334 e. The highest BCUT2D eigenvalue weighted by Gasteiger charge is 2.33. The van der Waals surface area contributed by atoms with Gasteiger partial charge in [-0.25, -0.2) is 4.79 Å². The van der Waals surface area contributed by atoms with E-state index in [2.05, 4.69) is 20.4 Å². The minimum absolute atomic E-state index is 0.106. The number of urea groups is 1. The summed E-state index contributed by atoms with van der Waals surface area (Å²) >= 11 is 0. The lowest BCUT2D eigenvalue weighted by Crippen LogP contribution is -2.48. The number of H-pyrrole nitrogens is 1. The highest BCUT2D eigenvalue weighted by molar-refractivity contribution is 5.75. The van der Waals surface area contributed by atoms with Crippen molar-refractivity contribution in [3.8, 4) is 0 Å². The van der Waals surface area contributed by atoms with Crippen LogP contribution in [0, 0.1) is 5.92 Å². The minimum Gasteiger partial charge on any atom is -0.334 e. The number of nitrogens with zero attached hydrogens (tertiary/aromatic N) is 3. The van der Waals surface area contributed by atoms with Crippen molar-refractivity contribution in [2.75, 3.05) is 26.2 Å². The average molecular weight is 317 g/mol. The average Bonchev–Trinajstić information content (AvgIpc) is 3.03. The molecule has 0 bridgehead atoms. The van der Waals surface area contributed by atoms with E-state index in [4.69, 9.17) is 0 Å². The second-order valence-electron chi connectivity index (χ2n) is 7.37. The van der Waals surface area contributed by atoms with Crippen molar-refractivity contribution in [2.24, 2.45) is 5.92 Å². The molecule has 0 radical (unpaired) electrons. The zero-order valence-electron chi connectivity index (χ0n) is 13.7. The number of piperidine rings is 1. The van der Waals surface area contributed by atoms with Gasteiger partial charge in [-0.15, -0.1) is 0 Å². The van der Waals surface area contributed by atoms with E-state index >= 15 is 0 Å². The van der Waals surface area contributed by atoms with Crippen molar-refractivity contribution in [1.82, 2.24) is 25.3 Å². The molecule has 1 saturated carbocycles. The fraction of sp³-hybridized carbons (Fsp3) is 0.765. The topological polar surface area (TPSA) is 64.3 Å². The van der Waals surface area contributed by atoms with Crippen molar-refractivity contribution in [3.05, 3.63) is 18.0 Å². The van der Waals surface area contributed by atoms with Crippen LogP contribution in [0.1, 0.15) is 50.1 Å². The number of hydrogen-bond donors (Lipinski definition) is 2. The summed E-state index contributed by atoms with van der Waals surface area (Å²) < 4.78 is 0. The van der Waals surface area contributed by atoms with Crippen LogP contribution in [-0.4, -0.2) is 58.2 Å². The van der Waals surface area contributed by atoms with Crippen LogP contribution in [0.15, 0.2) is 12.4 Å². The SMILES string of the molecule is O=C(N[C@H]1CCN(CC2CC2)C1)N1CCCC[C@H]1c1cn[nH]c1. The monoisotopic (exact) mass is 317 g/mol. The van der Waals surface area contributed by atoms with Crippen LogP contribution < -0.4 is 5.32 Å². The number of nitrogens with one attached hydrogen (secondary N) is 2. The highest BCUT2D eigenvalue weighted by Crippen LogP contribution is 2.32. The Kier molecular flexibility index (Phi) is 4.25. The first kappa shape index (κ1) is 15.0. The number of amides is 2. The summed E-state index contributed by atoms with van der Waals surface area (Å²) in [7, 11) is 0. The Labute approximate surface area is 137 Å². The molecule has 6 nitrogen and oxygen atoms in total. The maximum absolute atomic E-state index is 12.8. The molecular weight excluding hydrogens is 290 g/mol. The molecule has 2 saturated heterocycles. The van der Waals surface area contributed by atoms with Gasteiger partial charge >= 0.3 is 6.03 Å². The highest BCUT2D eigenvalue weighted by atomic mass is 16.2. The Balaban J connectivity index is 1.34. The lowest BCUT2D eigenvalue weighted by Gasteiger charge is -2.36. The summed E-state index contributed by atoms with van der Waals surface area (Å²) in [5, 5.41) is 10.2. The summed E-state index contributed by atoms with van der Waals surface area (Å²) in [5.74, 6) is 0.928. The molecule has 0 spiro atoms. The molecule has 2 amide bonds. The lowest BCUT2D eigenvalue weighted by molar-refractivity contribution is 0.148. The molecule has 3 fully saturated rings. The van der Waals surface area contributed by atoms with Gasteiger partial charge in [0.25, 0.3) is 0 Å². The molecule has 0 unspecified atom stereocenters. The molecule has 2 atom stereocenters. The Hall–Kier alpha value is -1.56. The number of hydrogen-bond acceptors (Lipinski definition) is 3. The number of carbonyl (C=O) groups excluding carboxylic acids is 1. The van der Waals surface area contributed by atoms with Crippen LogP contribution in [0.25, 0.3) is 0 Å². The molecule has 2 aliphatic heterocycles. The van der Waals surface area contributed by atoms with E-state index in [1.807, 2.05) is 17.3 Å². The van der Waals surface area contributed by atoms with Crippen molar-refractivity contribution in [3.63, 3.8) is 0 Å². The molecule has 1 aromatic heterocycles. The standard InChI is InChI=1S/C17H27N5O/c23-17(20-15-6-8-21(12-15)11-13-4-5-13)22-7-2-1-3-16(22)14-9-18-19-10-14/h9-10,13,15-16H,1-8,11-12H2,(H,18,19)(H,20,23)/t15-,16-/m0/s1. The van der Waals surface area contributed by atoms with Gasteiger partial charge in [0, 0.05) is 44.0 Å². The zero-order chi connectivity index (χ0) is 15.6. The number of rotatable bonds is 4. The predicted molar refractivity (Wildman–Crippen MR) is 88.0 cm³/mol. The molecule has 0 aromatic carbocycles. The number of aromatic nitrogens is 2. The van der Waals surface area contributed by atoms with Gasteiger partial charge in [-0.2, -0.15) is 5.10 Å². The van der Waals surface area contributed by atoms with E-state index in [1.165, 1.54) is 25.8 Å². The molecule has 4 rings (SSSR count). The van der Waals surface area contributed by atoms with Crippen molar-refractivity contribution in [1.29, 1.82) is 0 Å². The van der Waals surface area contributed by atoms with Gasteiger partial charge in [-0.05, 0) is 44.4 Å². The molecule has 1 aromatic rings. The first-order chi connectivity index (χ1) is 11.3. The summed E-state index contributed by atoms with van der Waals surface area (Å²) in [4.78, 5) is 17.3. The molecular formula is C17H27N5O. The third-order valence-corrected chi connectivity index (χ3v) is 5.48. The van der Waals surface area contributed by atoms with Crippen LogP contribution in [0.4, 0.5) is 4.79 Å². The number of likely N-dealkylation sites (tertiary alicyclic amines) is 2. The minimum atomic E-state index is 0.106. The van der Waals surface area contributed by atoms with Crippen molar-refractivity contribution < 1.29 is 4.79 Å². The molecule has 6 heteroatoms. The van der Waals surface area contributed by atoms with Gasteiger partial charge in [0.15, 0.2) is 0 Å². The summed E-state index contributed by atoms with van der Waals surface area (Å²) in [6.45, 7) is 4.23. The van der Waals surface area contributed by atoms with E-state index in [-0.39, 0.29) is 12.1 Å². The zero-order valence-corrected chi connectivity index (χ0v) is 13.7. The van der Waals surface area contributed by atoms with Gasteiger partial charge in [0.05, 0.1) is 12.2 Å². The summed E-state index contributed by atoms with van der Waals surface area (Å²) in [6.07, 6.45) is 11.0. The Morgan fingerprint density at radius 2 is 2.17 bits per heavy atom. The summed E-state index contributed by atoms with van der Waals surface area (Å²) in [5.41, 5.74) is 1.13. The molecule has 3 aliphatic rings. The third kappa shape index (κ3) is 3.52. The van der Waals surface area contributed by atoms with Crippen LogP contribution >= 0.6 is 0 Å². The van der Waals surface area contributed by atoms with E-state index in [9.17, 15) is 4.79 Å². The van der Waals surface area contributed by atoms with Crippen molar-refractivity contribution >= 4 is 6.03 Å². The first-order valence-corrected chi connectivity index (χ1v) is 9.08.